The molecule has 0 aromatic heterocycles. The van der Waals surface area contributed by atoms with Crippen LogP contribution in [0.4, 0.5) is 0 Å². The largest absolute Gasteiger partial charge is 0.410 e. The van der Waals surface area contributed by atoms with Crippen LogP contribution in [-0.4, -0.2) is 21.3 Å². The van der Waals surface area contributed by atoms with Gasteiger partial charge in [0.25, 0.3) is 0 Å². The third-order valence-corrected chi connectivity index (χ3v) is 2.65. The molecule has 0 amide bonds. The van der Waals surface area contributed by atoms with Crippen LogP contribution in [0, 0.1) is 0 Å². The highest BCUT2D eigenvalue weighted by Crippen LogP contribution is 2.25. The molecular formula is C6H10N2OS. The minimum absolute atomic E-state index is 0.269. The van der Waals surface area contributed by atoms with Gasteiger partial charge in [0.05, 0.1) is 5.71 Å². The predicted octanol–water partition coefficient (Wildman–Crippen LogP) is 1.72. The van der Waals surface area contributed by atoms with Gasteiger partial charge in [-0.2, -0.15) is 0 Å². The minimum Gasteiger partial charge on any atom is -0.410 e. The van der Waals surface area contributed by atoms with Crippen molar-refractivity contribution in [3.05, 3.63) is 0 Å². The van der Waals surface area contributed by atoms with Gasteiger partial charge in [0.2, 0.25) is 0 Å². The molecule has 1 atom stereocenters. The second-order valence-electron chi connectivity index (χ2n) is 2.10. The lowest BCUT2D eigenvalue weighted by molar-refractivity contribution is 0.321. The van der Waals surface area contributed by atoms with Crippen LogP contribution in [0.1, 0.15) is 20.3 Å². The van der Waals surface area contributed by atoms with Crippen LogP contribution in [0.15, 0.2) is 10.1 Å². The number of hydrogen-bond donors (Lipinski definition) is 1. The molecule has 1 N–H and O–H groups in total. The molecule has 4 heteroatoms. The van der Waals surface area contributed by atoms with E-state index < -0.39 is 0 Å². The van der Waals surface area contributed by atoms with Gasteiger partial charge in [-0.25, -0.2) is 0 Å². The van der Waals surface area contributed by atoms with Crippen molar-refractivity contribution in [1.29, 1.82) is 0 Å². The highest BCUT2D eigenvalue weighted by atomic mass is 32.2. The van der Waals surface area contributed by atoms with Crippen molar-refractivity contribution >= 4 is 22.5 Å². The van der Waals surface area contributed by atoms with Crippen molar-refractivity contribution in [2.45, 2.75) is 25.6 Å². The molecule has 0 fully saturated rings. The number of nitrogens with zero attached hydrogens (tertiary/aromatic N) is 2. The van der Waals surface area contributed by atoms with Crippen LogP contribution >= 0.6 is 11.8 Å². The molecule has 0 aromatic rings. The first-order chi connectivity index (χ1) is 4.77. The van der Waals surface area contributed by atoms with Crippen LogP contribution in [-0.2, 0) is 0 Å². The van der Waals surface area contributed by atoms with E-state index in [1.54, 1.807) is 0 Å². The van der Waals surface area contributed by atoms with E-state index in [-0.39, 0.29) is 5.37 Å². The van der Waals surface area contributed by atoms with Gasteiger partial charge in [0.15, 0.2) is 5.04 Å². The molecule has 3 nitrogen and oxygen atoms in total. The predicted molar refractivity (Wildman–Crippen MR) is 44.0 cm³/mol. The Hall–Kier alpha value is -0.510. The molecule has 0 aliphatic carbocycles. The molecule has 1 aliphatic rings. The highest BCUT2D eigenvalue weighted by molar-refractivity contribution is 8.16. The maximum absolute atomic E-state index is 8.44. The van der Waals surface area contributed by atoms with E-state index in [1.807, 2.05) is 6.92 Å². The molecule has 0 saturated heterocycles. The van der Waals surface area contributed by atoms with E-state index in [4.69, 9.17) is 5.21 Å². The summed E-state index contributed by atoms with van der Waals surface area (Å²) in [6.45, 7) is 3.92. The van der Waals surface area contributed by atoms with E-state index in [0.717, 1.165) is 12.1 Å². The van der Waals surface area contributed by atoms with Crippen LogP contribution in [0.3, 0.4) is 0 Å². The number of aliphatic imine (C=N–C) groups is 1. The average molecular weight is 158 g/mol. The van der Waals surface area contributed by atoms with E-state index >= 15 is 0 Å². The standard InChI is InChI=1S/C6H10N2OS/c1-3-5-7-4(2)6(8-9)10-5/h5,9H,3H2,1-2H3. The van der Waals surface area contributed by atoms with Gasteiger partial charge in [-0.3, -0.25) is 4.99 Å². The lowest BCUT2D eigenvalue weighted by Gasteiger charge is -1.96. The summed E-state index contributed by atoms with van der Waals surface area (Å²) in [6.07, 6.45) is 0.987. The SMILES string of the molecule is CCC1N=C(C)C(=NO)S1. The van der Waals surface area contributed by atoms with Crippen LogP contribution in [0.2, 0.25) is 0 Å². The molecule has 1 unspecified atom stereocenters. The van der Waals surface area contributed by atoms with Crippen molar-refractivity contribution in [1.82, 2.24) is 0 Å². The fraction of sp³-hybridized carbons (Fsp3) is 0.667. The van der Waals surface area contributed by atoms with E-state index in [0.29, 0.717) is 5.04 Å². The summed E-state index contributed by atoms with van der Waals surface area (Å²) in [4.78, 5) is 4.25. The van der Waals surface area contributed by atoms with Crippen LogP contribution in [0.25, 0.3) is 0 Å². The van der Waals surface area contributed by atoms with Crippen molar-refractivity contribution < 1.29 is 5.21 Å². The second kappa shape index (κ2) is 3.05. The Balaban J connectivity index is 2.68. The van der Waals surface area contributed by atoms with E-state index in [1.165, 1.54) is 11.8 Å². The molecule has 1 rings (SSSR count). The smallest absolute Gasteiger partial charge is 0.158 e. The van der Waals surface area contributed by atoms with Gasteiger partial charge in [0, 0.05) is 0 Å². The Labute approximate surface area is 64.2 Å². The molecule has 0 bridgehead atoms. The Bertz CT molecular complexity index is 188. The summed E-state index contributed by atoms with van der Waals surface area (Å²) in [5, 5.41) is 12.5. The quantitative estimate of drug-likeness (QED) is 0.466. The number of hydrogen-bond acceptors (Lipinski definition) is 4. The molecule has 1 heterocycles. The fourth-order valence-electron chi connectivity index (χ4n) is 0.782. The first kappa shape index (κ1) is 7.60. The molecule has 1 aliphatic heterocycles. The summed E-state index contributed by atoms with van der Waals surface area (Å²) >= 11 is 1.52. The Morgan fingerprint density at radius 3 is 2.80 bits per heavy atom. The topological polar surface area (TPSA) is 45.0 Å². The van der Waals surface area contributed by atoms with E-state index in [9.17, 15) is 0 Å². The summed E-state index contributed by atoms with van der Waals surface area (Å²) in [6, 6.07) is 0. The summed E-state index contributed by atoms with van der Waals surface area (Å²) in [5.74, 6) is 0. The molecule has 0 spiro atoms. The van der Waals surface area contributed by atoms with Gasteiger partial charge in [-0.05, 0) is 13.3 Å². The van der Waals surface area contributed by atoms with Crippen LogP contribution < -0.4 is 0 Å². The monoisotopic (exact) mass is 158 g/mol. The Morgan fingerprint density at radius 1 is 1.80 bits per heavy atom. The highest BCUT2D eigenvalue weighted by Gasteiger charge is 2.20. The summed E-state index contributed by atoms with van der Waals surface area (Å²) in [5.41, 5.74) is 0.847. The Morgan fingerprint density at radius 2 is 2.50 bits per heavy atom. The van der Waals surface area contributed by atoms with Crippen LogP contribution in [0.5, 0.6) is 0 Å². The first-order valence-electron chi connectivity index (χ1n) is 3.21. The van der Waals surface area contributed by atoms with Crippen molar-refractivity contribution in [2.24, 2.45) is 10.1 Å². The third kappa shape index (κ3) is 1.31. The van der Waals surface area contributed by atoms with Crippen molar-refractivity contribution in [2.75, 3.05) is 0 Å². The molecule has 56 valence electrons. The zero-order valence-electron chi connectivity index (χ0n) is 6.03. The number of thioether (sulfide) groups is 1. The average Bonchev–Trinajstić information content (AvgIpc) is 2.30. The molecule has 10 heavy (non-hydrogen) atoms. The zero-order valence-corrected chi connectivity index (χ0v) is 6.85. The van der Waals surface area contributed by atoms with Crippen molar-refractivity contribution in [3.63, 3.8) is 0 Å². The van der Waals surface area contributed by atoms with E-state index in [2.05, 4.69) is 17.1 Å². The Kier molecular flexibility index (Phi) is 2.32. The molecule has 0 saturated carbocycles. The third-order valence-electron chi connectivity index (χ3n) is 1.33. The lowest BCUT2D eigenvalue weighted by atomic mass is 10.4. The van der Waals surface area contributed by atoms with Gasteiger partial charge in [-0.1, -0.05) is 23.8 Å². The fourth-order valence-corrected chi connectivity index (χ4v) is 1.69. The summed E-state index contributed by atoms with van der Waals surface area (Å²) < 4.78 is 0. The van der Waals surface area contributed by atoms with Gasteiger partial charge >= 0.3 is 0 Å². The zero-order chi connectivity index (χ0) is 7.56. The molecule has 0 radical (unpaired) electrons. The maximum Gasteiger partial charge on any atom is 0.158 e. The number of rotatable bonds is 1. The summed E-state index contributed by atoms with van der Waals surface area (Å²) in [7, 11) is 0. The van der Waals surface area contributed by atoms with Gasteiger partial charge in [-0.15, -0.1) is 0 Å². The number of oxime groups is 1. The lowest BCUT2D eigenvalue weighted by Crippen LogP contribution is -1.98. The molecule has 0 aromatic carbocycles. The first-order valence-corrected chi connectivity index (χ1v) is 4.09. The normalized spacial score (nSPS) is 29.2. The van der Waals surface area contributed by atoms with Gasteiger partial charge < -0.3 is 5.21 Å². The van der Waals surface area contributed by atoms with Gasteiger partial charge in [0.1, 0.15) is 5.37 Å². The van der Waals surface area contributed by atoms with Crippen molar-refractivity contribution in [3.8, 4) is 0 Å². The second-order valence-corrected chi connectivity index (χ2v) is 3.27. The minimum atomic E-state index is 0.269. The maximum atomic E-state index is 8.44. The molecular weight excluding hydrogens is 148 g/mol.